The van der Waals surface area contributed by atoms with Gasteiger partial charge in [-0.15, -0.1) is 0 Å². The molecule has 0 bridgehead atoms. The van der Waals surface area contributed by atoms with Crippen LogP contribution in [0.15, 0.2) is 66.9 Å². The second kappa shape index (κ2) is 6.84. The molecule has 0 saturated carbocycles. The Morgan fingerprint density at radius 3 is 2.50 bits per heavy atom. The van der Waals surface area contributed by atoms with Gasteiger partial charge in [-0.25, -0.2) is 9.18 Å². The van der Waals surface area contributed by atoms with Gasteiger partial charge in [-0.3, -0.25) is 0 Å². The van der Waals surface area contributed by atoms with Crippen molar-refractivity contribution in [3.8, 4) is 0 Å². The lowest BCUT2D eigenvalue weighted by atomic mass is 10.0. The third-order valence-corrected chi connectivity index (χ3v) is 4.83. The second-order valence-electron chi connectivity index (χ2n) is 6.21. The number of hydrogen-bond donors (Lipinski definition) is 1. The van der Waals surface area contributed by atoms with E-state index < -0.39 is 0 Å². The van der Waals surface area contributed by atoms with E-state index in [1.807, 2.05) is 42.6 Å². The largest absolute Gasteiger partial charge is 0.348 e. The maximum atomic E-state index is 13.1. The van der Waals surface area contributed by atoms with Crippen molar-refractivity contribution in [3.63, 3.8) is 0 Å². The highest BCUT2D eigenvalue weighted by molar-refractivity contribution is 6.30. The molecule has 3 aromatic rings. The minimum Gasteiger partial charge on any atom is -0.348 e. The molecule has 0 fully saturated rings. The SMILES string of the molecule is O=C(Nc1ccc(F)cc1)N1CCn2cccc2[C@H]1c1ccc(Cl)cc1. The fourth-order valence-electron chi connectivity index (χ4n) is 3.33. The van der Waals surface area contributed by atoms with E-state index >= 15 is 0 Å². The Morgan fingerprint density at radius 2 is 1.77 bits per heavy atom. The molecular formula is C20H17ClFN3O. The number of carbonyl (C=O) groups excluding carboxylic acids is 1. The van der Waals surface area contributed by atoms with Crippen LogP contribution in [0, 0.1) is 5.82 Å². The van der Waals surface area contributed by atoms with Crippen LogP contribution in [0.25, 0.3) is 0 Å². The van der Waals surface area contributed by atoms with E-state index in [1.165, 1.54) is 12.1 Å². The highest BCUT2D eigenvalue weighted by Crippen LogP contribution is 2.33. The topological polar surface area (TPSA) is 37.3 Å². The molecule has 0 spiro atoms. The van der Waals surface area contributed by atoms with E-state index in [2.05, 4.69) is 9.88 Å². The van der Waals surface area contributed by atoms with Gasteiger partial charge in [0.15, 0.2) is 0 Å². The normalized spacial score (nSPS) is 16.2. The van der Waals surface area contributed by atoms with Gasteiger partial charge in [0.25, 0.3) is 0 Å². The van der Waals surface area contributed by atoms with E-state index in [-0.39, 0.29) is 17.9 Å². The predicted molar refractivity (Wildman–Crippen MR) is 99.9 cm³/mol. The maximum Gasteiger partial charge on any atom is 0.322 e. The Morgan fingerprint density at radius 1 is 1.04 bits per heavy atom. The van der Waals surface area contributed by atoms with Gasteiger partial charge in [0.05, 0.1) is 6.04 Å². The fraction of sp³-hybridized carbons (Fsp3) is 0.150. The smallest absolute Gasteiger partial charge is 0.322 e. The fourth-order valence-corrected chi connectivity index (χ4v) is 3.45. The lowest BCUT2D eigenvalue weighted by Gasteiger charge is -2.37. The summed E-state index contributed by atoms with van der Waals surface area (Å²) in [7, 11) is 0. The van der Waals surface area contributed by atoms with Crippen molar-refractivity contribution in [2.75, 3.05) is 11.9 Å². The van der Waals surface area contributed by atoms with Crippen molar-refractivity contribution in [1.29, 1.82) is 0 Å². The number of hydrogen-bond acceptors (Lipinski definition) is 1. The van der Waals surface area contributed by atoms with Crippen LogP contribution in [0.2, 0.25) is 5.02 Å². The summed E-state index contributed by atoms with van der Waals surface area (Å²) in [6, 6.07) is 16.9. The van der Waals surface area contributed by atoms with Gasteiger partial charge in [0, 0.05) is 35.7 Å². The van der Waals surface area contributed by atoms with Gasteiger partial charge in [0.1, 0.15) is 5.82 Å². The first-order valence-corrected chi connectivity index (χ1v) is 8.73. The molecule has 4 nitrogen and oxygen atoms in total. The molecule has 0 radical (unpaired) electrons. The number of rotatable bonds is 2. The molecule has 2 heterocycles. The molecule has 2 aromatic carbocycles. The lowest BCUT2D eigenvalue weighted by Crippen LogP contribution is -2.44. The number of urea groups is 1. The molecule has 0 unspecified atom stereocenters. The van der Waals surface area contributed by atoms with Crippen molar-refractivity contribution in [2.45, 2.75) is 12.6 Å². The molecular weight excluding hydrogens is 353 g/mol. The Bertz CT molecular complexity index is 921. The Hall–Kier alpha value is -2.79. The third-order valence-electron chi connectivity index (χ3n) is 4.58. The summed E-state index contributed by atoms with van der Waals surface area (Å²) in [5.74, 6) is -0.335. The molecule has 2 amide bonds. The molecule has 0 aliphatic carbocycles. The summed E-state index contributed by atoms with van der Waals surface area (Å²) in [5.41, 5.74) is 2.60. The van der Waals surface area contributed by atoms with E-state index in [0.29, 0.717) is 17.3 Å². The number of aromatic nitrogens is 1. The minimum atomic E-state index is -0.335. The van der Waals surface area contributed by atoms with Gasteiger partial charge in [0.2, 0.25) is 0 Å². The first kappa shape index (κ1) is 16.7. The highest BCUT2D eigenvalue weighted by atomic mass is 35.5. The number of carbonyl (C=O) groups is 1. The van der Waals surface area contributed by atoms with E-state index in [4.69, 9.17) is 11.6 Å². The first-order valence-electron chi connectivity index (χ1n) is 8.35. The van der Waals surface area contributed by atoms with Gasteiger partial charge >= 0.3 is 6.03 Å². The van der Waals surface area contributed by atoms with Crippen LogP contribution in [-0.2, 0) is 6.54 Å². The van der Waals surface area contributed by atoms with Gasteiger partial charge in [-0.05, 0) is 54.1 Å². The number of nitrogens with zero attached hydrogens (tertiary/aromatic N) is 2. The van der Waals surface area contributed by atoms with Crippen LogP contribution >= 0.6 is 11.6 Å². The van der Waals surface area contributed by atoms with Crippen molar-refractivity contribution < 1.29 is 9.18 Å². The van der Waals surface area contributed by atoms with Crippen molar-refractivity contribution in [2.24, 2.45) is 0 Å². The molecule has 4 rings (SSSR count). The molecule has 132 valence electrons. The van der Waals surface area contributed by atoms with Crippen LogP contribution in [-0.4, -0.2) is 22.0 Å². The number of amides is 2. The van der Waals surface area contributed by atoms with Crippen molar-refractivity contribution in [3.05, 3.63) is 89.0 Å². The monoisotopic (exact) mass is 369 g/mol. The quantitative estimate of drug-likeness (QED) is 0.684. The van der Waals surface area contributed by atoms with Crippen molar-refractivity contribution in [1.82, 2.24) is 9.47 Å². The summed E-state index contributed by atoms with van der Waals surface area (Å²) >= 11 is 6.02. The summed E-state index contributed by atoms with van der Waals surface area (Å²) in [5, 5.41) is 3.51. The summed E-state index contributed by atoms with van der Waals surface area (Å²) in [6.07, 6.45) is 2.02. The van der Waals surface area contributed by atoms with Crippen LogP contribution in [0.1, 0.15) is 17.3 Å². The number of benzene rings is 2. The zero-order chi connectivity index (χ0) is 18.1. The summed E-state index contributed by atoms with van der Waals surface area (Å²) < 4.78 is 15.2. The van der Waals surface area contributed by atoms with E-state index in [0.717, 1.165) is 17.8 Å². The molecule has 6 heteroatoms. The predicted octanol–water partition coefficient (Wildman–Crippen LogP) is 4.92. The highest BCUT2D eigenvalue weighted by Gasteiger charge is 2.32. The maximum absolute atomic E-state index is 13.1. The number of fused-ring (bicyclic) bond motifs is 1. The number of halogens is 2. The lowest BCUT2D eigenvalue weighted by molar-refractivity contribution is 0.182. The molecule has 26 heavy (non-hydrogen) atoms. The molecule has 1 aliphatic heterocycles. The summed E-state index contributed by atoms with van der Waals surface area (Å²) in [6.45, 7) is 1.30. The zero-order valence-corrected chi connectivity index (χ0v) is 14.7. The molecule has 1 aliphatic rings. The second-order valence-corrected chi connectivity index (χ2v) is 6.65. The average molecular weight is 370 g/mol. The van der Waals surface area contributed by atoms with Gasteiger partial charge in [-0.1, -0.05) is 23.7 Å². The van der Waals surface area contributed by atoms with Crippen LogP contribution < -0.4 is 5.32 Å². The third kappa shape index (κ3) is 3.18. The minimum absolute atomic E-state index is 0.212. The average Bonchev–Trinajstić information content (AvgIpc) is 3.12. The zero-order valence-electron chi connectivity index (χ0n) is 13.9. The summed E-state index contributed by atoms with van der Waals surface area (Å²) in [4.78, 5) is 14.7. The van der Waals surface area contributed by atoms with Crippen molar-refractivity contribution >= 4 is 23.3 Å². The van der Waals surface area contributed by atoms with Crippen LogP contribution in [0.5, 0.6) is 0 Å². The Balaban J connectivity index is 1.66. The van der Waals surface area contributed by atoms with E-state index in [1.54, 1.807) is 17.0 Å². The van der Waals surface area contributed by atoms with E-state index in [9.17, 15) is 9.18 Å². The molecule has 0 saturated heterocycles. The Kier molecular flexibility index (Phi) is 4.39. The standard InChI is InChI=1S/C20H17ClFN3O/c21-15-5-3-14(4-6-15)19-18-2-1-11-24(18)12-13-25(19)20(26)23-17-9-7-16(22)8-10-17/h1-11,19H,12-13H2,(H,23,26)/t19-/m1/s1. The van der Waals surface area contributed by atoms with Crippen LogP contribution in [0.3, 0.4) is 0 Å². The van der Waals surface area contributed by atoms with Crippen LogP contribution in [0.4, 0.5) is 14.9 Å². The first-order chi connectivity index (χ1) is 12.6. The number of anilines is 1. The Labute approximate surface area is 155 Å². The molecule has 1 N–H and O–H groups in total. The molecule has 1 atom stereocenters. The number of nitrogens with one attached hydrogen (secondary N) is 1. The van der Waals surface area contributed by atoms with Gasteiger partial charge in [-0.2, -0.15) is 0 Å². The van der Waals surface area contributed by atoms with Gasteiger partial charge < -0.3 is 14.8 Å². The molecule has 1 aromatic heterocycles.